The molecule has 0 fully saturated rings. The van der Waals surface area contributed by atoms with Gasteiger partial charge in [0, 0.05) is 18.8 Å². The lowest BCUT2D eigenvalue weighted by molar-refractivity contribution is -0.144. The van der Waals surface area contributed by atoms with Crippen LogP contribution in [-0.4, -0.2) is 26.6 Å². The predicted octanol–water partition coefficient (Wildman–Crippen LogP) is 2.60. The molecule has 0 aliphatic heterocycles. The molecule has 0 atom stereocenters. The monoisotopic (exact) mass is 297 g/mol. The Morgan fingerprint density at radius 1 is 1.19 bits per heavy atom. The van der Waals surface area contributed by atoms with Gasteiger partial charge in [-0.1, -0.05) is 0 Å². The van der Waals surface area contributed by atoms with Crippen molar-refractivity contribution in [1.29, 1.82) is 0 Å². The summed E-state index contributed by atoms with van der Waals surface area (Å²) in [6, 6.07) is 1.49. The summed E-state index contributed by atoms with van der Waals surface area (Å²) in [5.41, 5.74) is 1.88. The number of halogens is 3. The number of rotatable bonds is 2. The van der Waals surface area contributed by atoms with Crippen molar-refractivity contribution in [3.63, 3.8) is 0 Å². The highest BCUT2D eigenvalue weighted by Gasteiger charge is 2.35. The first-order valence-corrected chi connectivity index (χ1v) is 6.68. The van der Waals surface area contributed by atoms with Gasteiger partial charge >= 0.3 is 6.18 Å². The van der Waals surface area contributed by atoms with Gasteiger partial charge in [-0.3, -0.25) is 4.57 Å². The normalized spacial score (nSPS) is 14.9. The average molecular weight is 297 g/mol. The summed E-state index contributed by atoms with van der Waals surface area (Å²) in [6.07, 6.45) is 0.687. The van der Waals surface area contributed by atoms with Gasteiger partial charge in [-0.25, -0.2) is 15.0 Å². The van der Waals surface area contributed by atoms with E-state index < -0.39 is 12.0 Å². The van der Waals surface area contributed by atoms with Gasteiger partial charge in [0.05, 0.1) is 5.69 Å². The molecule has 0 bridgehead atoms. The Labute approximate surface area is 119 Å². The summed E-state index contributed by atoms with van der Waals surface area (Å²) < 4.78 is 40.3. The summed E-state index contributed by atoms with van der Waals surface area (Å²) in [4.78, 5) is 11.4. The van der Waals surface area contributed by atoms with Gasteiger partial charge in [0.25, 0.3) is 0 Å². The lowest BCUT2D eigenvalue weighted by atomic mass is 10.0. The number of aryl methyl sites for hydroxylation is 1. The van der Waals surface area contributed by atoms with Crippen LogP contribution in [-0.2, 0) is 19.0 Å². The first-order chi connectivity index (χ1) is 9.99. The van der Waals surface area contributed by atoms with Crippen LogP contribution in [0.15, 0.2) is 12.4 Å². The van der Waals surface area contributed by atoms with Crippen LogP contribution in [0.4, 0.5) is 19.0 Å². The van der Waals surface area contributed by atoms with E-state index in [1.165, 1.54) is 19.4 Å². The van der Waals surface area contributed by atoms with E-state index in [-0.39, 0.29) is 11.6 Å². The molecule has 21 heavy (non-hydrogen) atoms. The number of alkyl halides is 3. The van der Waals surface area contributed by atoms with E-state index in [9.17, 15) is 13.2 Å². The Morgan fingerprint density at radius 2 is 1.95 bits per heavy atom. The molecule has 1 N–H and O–H groups in total. The molecule has 0 amide bonds. The Hall–Kier alpha value is -2.12. The molecule has 0 saturated carbocycles. The highest BCUT2D eigenvalue weighted by atomic mass is 19.4. The summed E-state index contributed by atoms with van der Waals surface area (Å²) in [5.74, 6) is -0.828. The summed E-state index contributed by atoms with van der Waals surface area (Å²) in [7, 11) is 1.52. The fourth-order valence-electron chi connectivity index (χ4n) is 2.48. The molecule has 8 heteroatoms. The number of aromatic nitrogens is 4. The smallest absolute Gasteiger partial charge is 0.373 e. The van der Waals surface area contributed by atoms with E-state index in [1.54, 1.807) is 4.57 Å². The maximum Gasteiger partial charge on any atom is 0.451 e. The third-order valence-corrected chi connectivity index (χ3v) is 3.50. The van der Waals surface area contributed by atoms with Gasteiger partial charge in [-0.05, 0) is 25.7 Å². The fraction of sp³-hybridized carbons (Fsp3) is 0.462. The van der Waals surface area contributed by atoms with Crippen LogP contribution in [0.1, 0.15) is 30.1 Å². The topological polar surface area (TPSA) is 55.6 Å². The van der Waals surface area contributed by atoms with Crippen LogP contribution in [0.5, 0.6) is 0 Å². The molecule has 0 aromatic carbocycles. The van der Waals surface area contributed by atoms with Gasteiger partial charge in [0.15, 0.2) is 0 Å². The van der Waals surface area contributed by atoms with Gasteiger partial charge in [-0.15, -0.1) is 0 Å². The molecular weight excluding hydrogens is 283 g/mol. The van der Waals surface area contributed by atoms with E-state index in [1.807, 2.05) is 0 Å². The zero-order chi connectivity index (χ0) is 15.0. The highest BCUT2D eigenvalue weighted by molar-refractivity contribution is 5.43. The van der Waals surface area contributed by atoms with Crippen molar-refractivity contribution in [3.8, 4) is 5.82 Å². The van der Waals surface area contributed by atoms with Crippen molar-refractivity contribution < 1.29 is 13.2 Å². The first kappa shape index (κ1) is 13.8. The van der Waals surface area contributed by atoms with Gasteiger partial charge in [-0.2, -0.15) is 13.2 Å². The average Bonchev–Trinajstić information content (AvgIpc) is 2.89. The molecule has 0 unspecified atom stereocenters. The second kappa shape index (κ2) is 5.01. The molecule has 3 rings (SSSR count). The zero-order valence-electron chi connectivity index (χ0n) is 11.4. The number of fused-ring (bicyclic) bond motifs is 1. The third kappa shape index (κ3) is 2.57. The molecule has 2 aromatic heterocycles. The zero-order valence-corrected chi connectivity index (χ0v) is 11.4. The van der Waals surface area contributed by atoms with Crippen molar-refractivity contribution in [2.75, 3.05) is 12.4 Å². The van der Waals surface area contributed by atoms with Crippen molar-refractivity contribution in [2.45, 2.75) is 31.9 Å². The molecular formula is C13H14F3N5. The third-order valence-electron chi connectivity index (χ3n) is 3.50. The van der Waals surface area contributed by atoms with Crippen LogP contribution in [0.25, 0.3) is 5.82 Å². The minimum atomic E-state index is -4.58. The molecule has 1 aliphatic carbocycles. The molecule has 0 saturated heterocycles. The van der Waals surface area contributed by atoms with Crippen LogP contribution < -0.4 is 5.32 Å². The van der Waals surface area contributed by atoms with Crippen LogP contribution in [0.3, 0.4) is 0 Å². The van der Waals surface area contributed by atoms with Crippen LogP contribution >= 0.6 is 0 Å². The van der Waals surface area contributed by atoms with Crippen molar-refractivity contribution in [3.05, 3.63) is 29.6 Å². The van der Waals surface area contributed by atoms with E-state index in [0.29, 0.717) is 0 Å². The predicted molar refractivity (Wildman–Crippen MR) is 70.3 cm³/mol. The van der Waals surface area contributed by atoms with Crippen molar-refractivity contribution in [2.24, 2.45) is 0 Å². The fourth-order valence-corrected chi connectivity index (χ4v) is 2.48. The minimum Gasteiger partial charge on any atom is -0.373 e. The minimum absolute atomic E-state index is 0.130. The summed E-state index contributed by atoms with van der Waals surface area (Å²) in [5, 5.41) is 2.64. The summed E-state index contributed by atoms with van der Waals surface area (Å²) in [6.45, 7) is 0. The maximum atomic E-state index is 12.9. The molecule has 112 valence electrons. The second-order valence-electron chi connectivity index (χ2n) is 4.90. The number of imidazole rings is 1. The molecule has 1 aliphatic rings. The molecule has 2 aromatic rings. The van der Waals surface area contributed by atoms with Crippen molar-refractivity contribution in [1.82, 2.24) is 19.5 Å². The van der Waals surface area contributed by atoms with Gasteiger partial charge in [0.2, 0.25) is 5.82 Å². The quantitative estimate of drug-likeness (QED) is 0.925. The van der Waals surface area contributed by atoms with Crippen LogP contribution in [0.2, 0.25) is 0 Å². The number of hydrogen-bond donors (Lipinski definition) is 1. The molecule has 0 spiro atoms. The molecule has 2 heterocycles. The first-order valence-electron chi connectivity index (χ1n) is 6.68. The van der Waals surface area contributed by atoms with E-state index in [0.717, 1.165) is 37.1 Å². The number of hydrogen-bond acceptors (Lipinski definition) is 4. The summed E-state index contributed by atoms with van der Waals surface area (Å²) >= 11 is 0. The lowest BCUT2D eigenvalue weighted by Gasteiger charge is -2.15. The Kier molecular flexibility index (Phi) is 3.30. The molecule has 0 radical (unpaired) electrons. The van der Waals surface area contributed by atoms with Crippen molar-refractivity contribution >= 4 is 5.82 Å². The SMILES string of the molecule is CNc1cc(-n2cnc3c2CCCC3)nc(C(F)(F)F)n1. The van der Waals surface area contributed by atoms with Crippen LogP contribution in [0, 0.1) is 0 Å². The van der Waals surface area contributed by atoms with E-state index in [2.05, 4.69) is 20.3 Å². The maximum absolute atomic E-state index is 12.9. The van der Waals surface area contributed by atoms with Gasteiger partial charge < -0.3 is 5.32 Å². The largest absolute Gasteiger partial charge is 0.451 e. The molecule has 5 nitrogen and oxygen atoms in total. The standard InChI is InChI=1S/C13H14F3N5/c1-17-10-6-11(20-12(19-10)13(14,15)16)21-7-18-8-4-2-3-5-9(8)21/h6-7H,2-5H2,1H3,(H,17,19,20). The highest BCUT2D eigenvalue weighted by Crippen LogP contribution is 2.29. The Balaban J connectivity index is 2.12. The van der Waals surface area contributed by atoms with E-state index >= 15 is 0 Å². The number of anilines is 1. The van der Waals surface area contributed by atoms with E-state index in [4.69, 9.17) is 0 Å². The number of nitrogens with one attached hydrogen (secondary N) is 1. The Morgan fingerprint density at radius 3 is 2.67 bits per heavy atom. The lowest BCUT2D eigenvalue weighted by Crippen LogP contribution is -2.16. The number of nitrogens with zero attached hydrogens (tertiary/aromatic N) is 4. The second-order valence-corrected chi connectivity index (χ2v) is 4.90. The van der Waals surface area contributed by atoms with Gasteiger partial charge in [0.1, 0.15) is 18.0 Å². The Bertz CT molecular complexity index is 662.